The highest BCUT2D eigenvalue weighted by Gasteiger charge is 2.16. The average Bonchev–Trinajstić information content (AvgIpc) is 2.15. The van der Waals surface area contributed by atoms with Gasteiger partial charge in [-0.2, -0.15) is 0 Å². The van der Waals surface area contributed by atoms with Gasteiger partial charge in [-0.25, -0.2) is 12.8 Å². The van der Waals surface area contributed by atoms with Crippen molar-refractivity contribution in [2.75, 3.05) is 5.32 Å². The van der Waals surface area contributed by atoms with Gasteiger partial charge in [0.1, 0.15) is 10.7 Å². The fraction of sp³-hybridized carbons (Fsp3) is 0.300. The van der Waals surface area contributed by atoms with Crippen molar-refractivity contribution in [3.8, 4) is 0 Å². The maximum atomic E-state index is 13.4. The predicted octanol–water partition coefficient (Wildman–Crippen LogP) is 2.49. The molecule has 0 bridgehead atoms. The molecule has 0 radical (unpaired) electrons. The van der Waals surface area contributed by atoms with Gasteiger partial charge in [-0.3, -0.25) is 4.79 Å². The molecule has 4 nitrogen and oxygen atoms in total. The summed E-state index contributed by atoms with van der Waals surface area (Å²) in [7, 11) is 0.912. The lowest BCUT2D eigenvalue weighted by Gasteiger charge is -2.05. The summed E-state index contributed by atoms with van der Waals surface area (Å²) in [5, 5.41) is 2.45. The van der Waals surface area contributed by atoms with Crippen LogP contribution in [-0.2, 0) is 13.8 Å². The molecule has 0 saturated carbocycles. The third-order valence-electron chi connectivity index (χ3n) is 1.96. The van der Waals surface area contributed by atoms with E-state index in [1.807, 2.05) is 6.92 Å². The third kappa shape index (κ3) is 3.98. The molecular formula is C10H11ClFNO3S. The number of carbonyl (C=O) groups excluding carboxylic acids is 1. The van der Waals surface area contributed by atoms with E-state index in [9.17, 15) is 17.6 Å². The molecule has 17 heavy (non-hydrogen) atoms. The first-order valence-electron chi connectivity index (χ1n) is 4.88. The van der Waals surface area contributed by atoms with E-state index >= 15 is 0 Å². The zero-order valence-electron chi connectivity index (χ0n) is 9.04. The molecule has 1 N–H and O–H groups in total. The molecule has 0 aliphatic rings. The van der Waals surface area contributed by atoms with E-state index in [1.54, 1.807) is 0 Å². The van der Waals surface area contributed by atoms with E-state index in [4.69, 9.17) is 10.7 Å². The highest BCUT2D eigenvalue weighted by molar-refractivity contribution is 8.13. The number of hydrogen-bond donors (Lipinski definition) is 1. The SMILES string of the molecule is CCCC(=O)Nc1ccc(S(=O)(=O)Cl)c(F)c1. The number of halogens is 2. The minimum Gasteiger partial charge on any atom is -0.326 e. The van der Waals surface area contributed by atoms with Gasteiger partial charge in [0.05, 0.1) is 0 Å². The van der Waals surface area contributed by atoms with Gasteiger partial charge in [-0.05, 0) is 24.6 Å². The Morgan fingerprint density at radius 2 is 2.12 bits per heavy atom. The van der Waals surface area contributed by atoms with Crippen LogP contribution in [0.3, 0.4) is 0 Å². The van der Waals surface area contributed by atoms with E-state index in [0.717, 1.165) is 12.1 Å². The van der Waals surface area contributed by atoms with Crippen LogP contribution in [0.2, 0.25) is 0 Å². The van der Waals surface area contributed by atoms with Gasteiger partial charge in [0.25, 0.3) is 9.05 Å². The van der Waals surface area contributed by atoms with Crippen molar-refractivity contribution in [1.82, 2.24) is 0 Å². The maximum absolute atomic E-state index is 13.4. The van der Waals surface area contributed by atoms with Crippen LogP contribution in [0, 0.1) is 5.82 Å². The summed E-state index contributed by atoms with van der Waals surface area (Å²) < 4.78 is 35.2. The molecule has 0 aliphatic carbocycles. The Labute approximate surface area is 103 Å². The Kier molecular flexibility index (Phi) is 4.47. The van der Waals surface area contributed by atoms with Crippen LogP contribution < -0.4 is 5.32 Å². The molecule has 0 heterocycles. The van der Waals surface area contributed by atoms with Crippen LogP contribution in [0.25, 0.3) is 0 Å². The lowest BCUT2D eigenvalue weighted by molar-refractivity contribution is -0.116. The van der Waals surface area contributed by atoms with Gasteiger partial charge < -0.3 is 5.32 Å². The summed E-state index contributed by atoms with van der Waals surface area (Å²) >= 11 is 0. The van der Waals surface area contributed by atoms with Crippen LogP contribution in [-0.4, -0.2) is 14.3 Å². The standard InChI is InChI=1S/C10H11ClFNO3S/c1-2-3-10(14)13-7-4-5-9(8(12)6-7)17(11,15)16/h4-6H,2-3H2,1H3,(H,13,14). The molecule has 0 spiro atoms. The van der Waals surface area contributed by atoms with Crippen molar-refractivity contribution in [1.29, 1.82) is 0 Å². The molecule has 1 aromatic rings. The Morgan fingerprint density at radius 3 is 2.59 bits per heavy atom. The van der Waals surface area contributed by atoms with Gasteiger partial charge in [-0.15, -0.1) is 0 Å². The zero-order valence-corrected chi connectivity index (χ0v) is 10.6. The van der Waals surface area contributed by atoms with Gasteiger partial charge in [0.2, 0.25) is 5.91 Å². The molecule has 0 atom stereocenters. The summed E-state index contributed by atoms with van der Waals surface area (Å²) in [5.74, 6) is -1.25. The summed E-state index contributed by atoms with van der Waals surface area (Å²) in [6.07, 6.45) is 0.986. The average molecular weight is 280 g/mol. The minimum atomic E-state index is -4.10. The molecule has 0 unspecified atom stereocenters. The minimum absolute atomic E-state index is 0.199. The molecule has 0 aromatic heterocycles. The number of carbonyl (C=O) groups is 1. The number of hydrogen-bond acceptors (Lipinski definition) is 3. The number of benzene rings is 1. The maximum Gasteiger partial charge on any atom is 0.264 e. The molecule has 0 aliphatic heterocycles. The summed E-state index contributed by atoms with van der Waals surface area (Å²) in [6, 6.07) is 3.22. The van der Waals surface area contributed by atoms with Crippen molar-refractivity contribution in [3.05, 3.63) is 24.0 Å². The van der Waals surface area contributed by atoms with Crippen molar-refractivity contribution >= 4 is 31.3 Å². The zero-order chi connectivity index (χ0) is 13.1. The highest BCUT2D eigenvalue weighted by atomic mass is 35.7. The number of nitrogens with one attached hydrogen (secondary N) is 1. The first-order chi connectivity index (χ1) is 7.84. The van der Waals surface area contributed by atoms with Crippen molar-refractivity contribution in [3.63, 3.8) is 0 Å². The largest absolute Gasteiger partial charge is 0.326 e. The fourth-order valence-corrected chi connectivity index (χ4v) is 2.12. The van der Waals surface area contributed by atoms with E-state index in [0.29, 0.717) is 12.8 Å². The number of rotatable bonds is 4. The van der Waals surface area contributed by atoms with Crippen LogP contribution in [0.4, 0.5) is 10.1 Å². The first kappa shape index (κ1) is 13.9. The topological polar surface area (TPSA) is 63.2 Å². The van der Waals surface area contributed by atoms with Gasteiger partial charge >= 0.3 is 0 Å². The molecule has 1 amide bonds. The quantitative estimate of drug-likeness (QED) is 0.861. The van der Waals surface area contributed by atoms with E-state index in [-0.39, 0.29) is 11.6 Å². The van der Waals surface area contributed by atoms with Crippen LogP contribution in [0.5, 0.6) is 0 Å². The van der Waals surface area contributed by atoms with Crippen LogP contribution in [0.1, 0.15) is 19.8 Å². The second-order valence-corrected chi connectivity index (χ2v) is 5.92. The number of amides is 1. The van der Waals surface area contributed by atoms with E-state index in [1.165, 1.54) is 6.07 Å². The van der Waals surface area contributed by atoms with Crippen molar-refractivity contribution in [2.45, 2.75) is 24.7 Å². The van der Waals surface area contributed by atoms with E-state index < -0.39 is 19.8 Å². The molecule has 0 saturated heterocycles. The molecule has 0 fully saturated rings. The monoisotopic (exact) mass is 279 g/mol. The van der Waals surface area contributed by atoms with Crippen LogP contribution >= 0.6 is 10.7 Å². The first-order valence-corrected chi connectivity index (χ1v) is 7.19. The van der Waals surface area contributed by atoms with Crippen molar-refractivity contribution < 1.29 is 17.6 Å². The molecule has 7 heteroatoms. The van der Waals surface area contributed by atoms with Crippen LogP contribution in [0.15, 0.2) is 23.1 Å². The lowest BCUT2D eigenvalue weighted by Crippen LogP contribution is -2.11. The van der Waals surface area contributed by atoms with Gasteiger partial charge in [0.15, 0.2) is 0 Å². The molecule has 1 rings (SSSR count). The summed E-state index contributed by atoms with van der Waals surface area (Å²) in [4.78, 5) is 10.6. The normalized spacial score (nSPS) is 11.2. The molecule has 1 aromatic carbocycles. The Balaban J connectivity index is 2.94. The van der Waals surface area contributed by atoms with Crippen molar-refractivity contribution in [2.24, 2.45) is 0 Å². The molecular weight excluding hydrogens is 269 g/mol. The lowest BCUT2D eigenvalue weighted by atomic mass is 10.3. The van der Waals surface area contributed by atoms with E-state index in [2.05, 4.69) is 5.32 Å². The smallest absolute Gasteiger partial charge is 0.264 e. The molecule has 94 valence electrons. The Morgan fingerprint density at radius 1 is 1.47 bits per heavy atom. The van der Waals surface area contributed by atoms with Gasteiger partial charge in [-0.1, -0.05) is 6.92 Å². The second kappa shape index (κ2) is 5.46. The highest BCUT2D eigenvalue weighted by Crippen LogP contribution is 2.22. The second-order valence-electron chi connectivity index (χ2n) is 3.38. The summed E-state index contributed by atoms with van der Waals surface area (Å²) in [5.41, 5.74) is 0.199. The summed E-state index contributed by atoms with van der Waals surface area (Å²) in [6.45, 7) is 1.84. The number of anilines is 1. The third-order valence-corrected chi connectivity index (χ3v) is 3.31. The Hall–Kier alpha value is -1.14. The fourth-order valence-electron chi connectivity index (χ4n) is 1.23. The predicted molar refractivity (Wildman–Crippen MR) is 63.0 cm³/mol. The Bertz CT molecular complexity index is 530. The van der Waals surface area contributed by atoms with Gasteiger partial charge in [0, 0.05) is 22.8 Å².